The van der Waals surface area contributed by atoms with Gasteiger partial charge >= 0.3 is 6.03 Å². The van der Waals surface area contributed by atoms with Gasteiger partial charge in [0.15, 0.2) is 0 Å². The Morgan fingerprint density at radius 1 is 1.44 bits per heavy atom. The molecule has 1 aliphatic heterocycles. The van der Waals surface area contributed by atoms with Gasteiger partial charge in [-0.2, -0.15) is 0 Å². The Balaban J connectivity index is 2.33. The highest BCUT2D eigenvalue weighted by Gasteiger charge is 2.39. The zero-order valence-electron chi connectivity index (χ0n) is 9.74. The maximum absolute atomic E-state index is 13.8. The van der Waals surface area contributed by atoms with E-state index in [9.17, 15) is 14.0 Å². The van der Waals surface area contributed by atoms with Crippen LogP contribution < -0.4 is 10.2 Å². The van der Waals surface area contributed by atoms with Gasteiger partial charge < -0.3 is 5.32 Å². The van der Waals surface area contributed by atoms with Gasteiger partial charge in [-0.25, -0.2) is 14.1 Å². The van der Waals surface area contributed by atoms with Gasteiger partial charge in [0.05, 0.1) is 5.69 Å². The summed E-state index contributed by atoms with van der Waals surface area (Å²) in [5.41, 5.74) is -0.0145. The zero-order chi connectivity index (χ0) is 13.3. The summed E-state index contributed by atoms with van der Waals surface area (Å²) >= 11 is 3.13. The lowest BCUT2D eigenvalue weighted by Crippen LogP contribution is -2.32. The average molecular weight is 315 g/mol. The molecule has 1 saturated heterocycles. The Labute approximate surface area is 112 Å². The van der Waals surface area contributed by atoms with Crippen molar-refractivity contribution in [3.8, 4) is 0 Å². The Kier molecular flexibility index (Phi) is 3.65. The van der Waals surface area contributed by atoms with Gasteiger partial charge in [-0.3, -0.25) is 4.79 Å². The highest BCUT2D eigenvalue weighted by molar-refractivity contribution is 9.10. The third kappa shape index (κ3) is 2.25. The maximum atomic E-state index is 13.8. The lowest BCUT2D eigenvalue weighted by atomic mass is 10.1. The Morgan fingerprint density at radius 3 is 2.78 bits per heavy atom. The number of imide groups is 1. The molecular formula is C12H12BrFN2O2. The number of anilines is 1. The van der Waals surface area contributed by atoms with Crippen LogP contribution in [0.15, 0.2) is 22.7 Å². The summed E-state index contributed by atoms with van der Waals surface area (Å²) in [5.74, 6) is -1.01. The van der Waals surface area contributed by atoms with E-state index in [1.807, 2.05) is 6.92 Å². The summed E-state index contributed by atoms with van der Waals surface area (Å²) in [6.45, 7) is 1.92. The number of hydrogen-bond acceptors (Lipinski definition) is 2. The fourth-order valence-electron chi connectivity index (χ4n) is 1.91. The van der Waals surface area contributed by atoms with Crippen molar-refractivity contribution in [1.29, 1.82) is 0 Å². The molecule has 1 aromatic rings. The van der Waals surface area contributed by atoms with Crippen molar-refractivity contribution in [2.24, 2.45) is 0 Å². The van der Waals surface area contributed by atoms with Crippen molar-refractivity contribution in [3.05, 3.63) is 28.5 Å². The molecule has 3 amide bonds. The lowest BCUT2D eigenvalue weighted by molar-refractivity contribution is -0.118. The van der Waals surface area contributed by atoms with Gasteiger partial charge in [-0.05, 0) is 24.6 Å². The Morgan fingerprint density at radius 2 is 2.17 bits per heavy atom. The molecule has 1 aromatic carbocycles. The number of carbonyl (C=O) groups excluding carboxylic acids is 2. The minimum Gasteiger partial charge on any atom is -0.325 e. The van der Waals surface area contributed by atoms with Crippen molar-refractivity contribution >= 4 is 33.6 Å². The van der Waals surface area contributed by atoms with Crippen LogP contribution in [0.2, 0.25) is 0 Å². The van der Waals surface area contributed by atoms with E-state index < -0.39 is 23.8 Å². The number of nitrogens with one attached hydrogen (secondary N) is 1. The zero-order valence-corrected chi connectivity index (χ0v) is 11.3. The number of rotatable bonds is 3. The smallest absolute Gasteiger partial charge is 0.325 e. The molecule has 0 bridgehead atoms. The summed E-state index contributed by atoms with van der Waals surface area (Å²) in [5, 5.41) is 2.55. The van der Waals surface area contributed by atoms with Crippen LogP contribution in [0, 0.1) is 5.82 Å². The number of urea groups is 1. The van der Waals surface area contributed by atoms with Crippen LogP contribution in [0.5, 0.6) is 0 Å². The minimum atomic E-state index is -0.606. The predicted molar refractivity (Wildman–Crippen MR) is 68.8 cm³/mol. The minimum absolute atomic E-state index is 0.0145. The van der Waals surface area contributed by atoms with Crippen LogP contribution >= 0.6 is 15.9 Å². The number of amides is 3. The summed E-state index contributed by atoms with van der Waals surface area (Å²) in [7, 11) is 0. The van der Waals surface area contributed by atoms with E-state index in [0.717, 1.165) is 11.3 Å². The second-order valence-corrected chi connectivity index (χ2v) is 4.98. The highest BCUT2D eigenvalue weighted by atomic mass is 79.9. The molecule has 0 aliphatic carbocycles. The van der Waals surface area contributed by atoms with E-state index >= 15 is 0 Å². The van der Waals surface area contributed by atoms with E-state index in [1.54, 1.807) is 6.07 Å². The van der Waals surface area contributed by atoms with E-state index in [2.05, 4.69) is 21.2 Å². The highest BCUT2D eigenvalue weighted by Crippen LogP contribution is 2.26. The van der Waals surface area contributed by atoms with Crippen LogP contribution in [-0.2, 0) is 4.79 Å². The van der Waals surface area contributed by atoms with Crippen molar-refractivity contribution in [2.45, 2.75) is 25.8 Å². The molecule has 1 atom stereocenters. The number of carbonyl (C=O) groups is 2. The SMILES string of the molecule is CCC[C@H]1NC(=O)N(c2ccc(Br)cc2F)C1=O. The van der Waals surface area contributed by atoms with Crippen LogP contribution in [0.1, 0.15) is 19.8 Å². The third-order valence-electron chi connectivity index (χ3n) is 2.75. The first-order chi connectivity index (χ1) is 8.54. The normalized spacial score (nSPS) is 19.3. The van der Waals surface area contributed by atoms with Gasteiger partial charge in [0.2, 0.25) is 0 Å². The molecule has 1 heterocycles. The largest absolute Gasteiger partial charge is 0.329 e. The summed E-state index contributed by atoms with van der Waals surface area (Å²) in [6.07, 6.45) is 1.33. The van der Waals surface area contributed by atoms with Crippen molar-refractivity contribution in [1.82, 2.24) is 5.32 Å². The number of hydrogen-bond donors (Lipinski definition) is 1. The van der Waals surface area contributed by atoms with Crippen LogP contribution in [0.3, 0.4) is 0 Å². The van der Waals surface area contributed by atoms with Crippen molar-refractivity contribution < 1.29 is 14.0 Å². The molecule has 0 saturated carbocycles. The van der Waals surface area contributed by atoms with Gasteiger partial charge in [0.25, 0.3) is 5.91 Å². The van der Waals surface area contributed by atoms with Crippen molar-refractivity contribution in [2.75, 3.05) is 4.90 Å². The fraction of sp³-hybridized carbons (Fsp3) is 0.333. The molecule has 0 aromatic heterocycles. The lowest BCUT2D eigenvalue weighted by Gasteiger charge is -2.13. The monoisotopic (exact) mass is 314 g/mol. The molecule has 96 valence electrons. The second kappa shape index (κ2) is 5.06. The average Bonchev–Trinajstić information content (AvgIpc) is 2.56. The van der Waals surface area contributed by atoms with Crippen LogP contribution in [0.4, 0.5) is 14.9 Å². The first-order valence-electron chi connectivity index (χ1n) is 5.64. The van der Waals surface area contributed by atoms with Gasteiger partial charge in [-0.15, -0.1) is 0 Å². The van der Waals surface area contributed by atoms with E-state index in [4.69, 9.17) is 0 Å². The molecule has 2 rings (SSSR count). The molecule has 18 heavy (non-hydrogen) atoms. The van der Waals surface area contributed by atoms with Crippen molar-refractivity contribution in [3.63, 3.8) is 0 Å². The molecular weight excluding hydrogens is 303 g/mol. The van der Waals surface area contributed by atoms with Gasteiger partial charge in [0.1, 0.15) is 11.9 Å². The predicted octanol–water partition coefficient (Wildman–Crippen LogP) is 2.81. The molecule has 1 aliphatic rings. The quantitative estimate of drug-likeness (QED) is 0.872. The first kappa shape index (κ1) is 13.0. The van der Waals surface area contributed by atoms with Crippen LogP contribution in [-0.4, -0.2) is 18.0 Å². The molecule has 6 heteroatoms. The molecule has 1 N–H and O–H groups in total. The molecule has 1 fully saturated rings. The Hall–Kier alpha value is -1.43. The topological polar surface area (TPSA) is 49.4 Å². The van der Waals surface area contributed by atoms with E-state index in [0.29, 0.717) is 10.9 Å². The molecule has 4 nitrogen and oxygen atoms in total. The fourth-order valence-corrected chi connectivity index (χ4v) is 2.24. The maximum Gasteiger partial charge on any atom is 0.329 e. The molecule has 0 unspecified atom stereocenters. The summed E-state index contributed by atoms with van der Waals surface area (Å²) in [6, 6.07) is 3.10. The van der Waals surface area contributed by atoms with Crippen LogP contribution in [0.25, 0.3) is 0 Å². The van der Waals surface area contributed by atoms with E-state index in [-0.39, 0.29) is 5.69 Å². The summed E-state index contributed by atoms with van der Waals surface area (Å²) < 4.78 is 14.3. The third-order valence-corrected chi connectivity index (χ3v) is 3.24. The number of benzene rings is 1. The number of halogens is 2. The Bertz CT molecular complexity index is 507. The first-order valence-corrected chi connectivity index (χ1v) is 6.43. The van der Waals surface area contributed by atoms with E-state index in [1.165, 1.54) is 12.1 Å². The molecule has 0 radical (unpaired) electrons. The molecule has 0 spiro atoms. The van der Waals surface area contributed by atoms with Gasteiger partial charge in [-0.1, -0.05) is 29.3 Å². The van der Waals surface area contributed by atoms with Gasteiger partial charge in [0, 0.05) is 4.47 Å². The number of nitrogens with zero attached hydrogens (tertiary/aromatic N) is 1. The summed E-state index contributed by atoms with van der Waals surface area (Å²) in [4.78, 5) is 24.6. The second-order valence-electron chi connectivity index (χ2n) is 4.06. The standard InChI is InChI=1S/C12H12BrFN2O2/c1-2-3-9-11(17)16(12(18)15-9)10-5-4-7(13)6-8(10)14/h4-6,9H,2-3H2,1H3,(H,15,18)/t9-/m1/s1.